The van der Waals surface area contributed by atoms with E-state index in [4.69, 9.17) is 20.8 Å². The van der Waals surface area contributed by atoms with Gasteiger partial charge in [0.2, 0.25) is 15.9 Å². The highest BCUT2D eigenvalue weighted by Gasteiger charge is 2.19. The number of hydrogen-bond donors (Lipinski definition) is 1. The van der Waals surface area contributed by atoms with Crippen molar-refractivity contribution >= 4 is 27.6 Å². The maximum absolute atomic E-state index is 12.5. The minimum absolute atomic E-state index is 0.0753. The third-order valence-corrected chi connectivity index (χ3v) is 6.15. The summed E-state index contributed by atoms with van der Waals surface area (Å²) in [7, 11) is -1.06. The number of methoxy groups -OCH3 is 2. The number of benzene rings is 2. The molecule has 0 radical (unpaired) electrons. The van der Waals surface area contributed by atoms with Crippen LogP contribution < -0.4 is 9.46 Å². The molecule has 0 spiro atoms. The lowest BCUT2D eigenvalue weighted by atomic mass is 10.2. The normalized spacial score (nSPS) is 11.3. The van der Waals surface area contributed by atoms with Crippen LogP contribution in [0.5, 0.6) is 5.75 Å². The van der Waals surface area contributed by atoms with Crippen molar-refractivity contribution in [2.45, 2.75) is 11.3 Å². The number of sulfonamides is 1. The second-order valence-electron chi connectivity index (χ2n) is 6.16. The lowest BCUT2D eigenvalue weighted by molar-refractivity contribution is 0.0600. The molecule has 0 aliphatic carbocycles. The minimum Gasteiger partial charge on any atom is -0.497 e. The third kappa shape index (κ3) is 4.99. The second-order valence-corrected chi connectivity index (χ2v) is 8.30. The molecule has 0 saturated carbocycles. The number of nitrogens with zero attached hydrogens (tertiary/aromatic N) is 1. The first-order valence-electron chi connectivity index (χ1n) is 8.80. The predicted molar refractivity (Wildman–Crippen MR) is 110 cm³/mol. The Kier molecular flexibility index (Phi) is 6.76. The van der Waals surface area contributed by atoms with Gasteiger partial charge in [0.1, 0.15) is 16.9 Å². The van der Waals surface area contributed by atoms with E-state index < -0.39 is 16.0 Å². The van der Waals surface area contributed by atoms with Crippen LogP contribution in [-0.2, 0) is 21.2 Å². The molecule has 0 saturated heterocycles. The van der Waals surface area contributed by atoms with Gasteiger partial charge in [0.05, 0.1) is 30.5 Å². The topological polar surface area (TPSA) is 108 Å². The Hall–Kier alpha value is -2.88. The smallest absolute Gasteiger partial charge is 0.337 e. The first kappa shape index (κ1) is 21.8. The zero-order chi connectivity index (χ0) is 21.7. The number of ether oxygens (including phenoxy) is 2. The maximum Gasteiger partial charge on any atom is 0.337 e. The summed E-state index contributed by atoms with van der Waals surface area (Å²) in [6.07, 6.45) is 1.79. The van der Waals surface area contributed by atoms with Crippen molar-refractivity contribution in [2.24, 2.45) is 0 Å². The van der Waals surface area contributed by atoms with Gasteiger partial charge < -0.3 is 13.9 Å². The van der Waals surface area contributed by atoms with Gasteiger partial charge in [-0.3, -0.25) is 0 Å². The highest BCUT2D eigenvalue weighted by atomic mass is 35.5. The van der Waals surface area contributed by atoms with Gasteiger partial charge in [0.15, 0.2) is 0 Å². The molecule has 158 valence electrons. The molecule has 3 rings (SSSR count). The van der Waals surface area contributed by atoms with Gasteiger partial charge in [-0.05, 0) is 42.5 Å². The van der Waals surface area contributed by atoms with Crippen LogP contribution in [-0.4, -0.2) is 40.1 Å². The molecule has 0 amide bonds. The number of oxazole rings is 1. The van der Waals surface area contributed by atoms with E-state index in [9.17, 15) is 13.2 Å². The van der Waals surface area contributed by atoms with Crippen molar-refractivity contribution in [3.63, 3.8) is 0 Å². The molecule has 10 heteroatoms. The van der Waals surface area contributed by atoms with Crippen molar-refractivity contribution in [3.05, 3.63) is 65.0 Å². The molecule has 0 atom stereocenters. The first-order chi connectivity index (χ1) is 14.3. The van der Waals surface area contributed by atoms with Crippen LogP contribution in [0.3, 0.4) is 0 Å². The highest BCUT2D eigenvalue weighted by Crippen LogP contribution is 2.24. The van der Waals surface area contributed by atoms with Crippen molar-refractivity contribution < 1.29 is 27.1 Å². The summed E-state index contributed by atoms with van der Waals surface area (Å²) in [4.78, 5) is 15.8. The van der Waals surface area contributed by atoms with E-state index in [1.54, 1.807) is 19.2 Å². The van der Waals surface area contributed by atoms with Crippen LogP contribution in [0, 0.1) is 0 Å². The molecule has 3 aromatic rings. The summed E-state index contributed by atoms with van der Waals surface area (Å²) in [5, 5.41) is -0.0753. The Morgan fingerprint density at radius 3 is 2.53 bits per heavy atom. The number of hydrogen-bond acceptors (Lipinski definition) is 7. The van der Waals surface area contributed by atoms with E-state index >= 15 is 0 Å². The van der Waals surface area contributed by atoms with Gasteiger partial charge in [-0.2, -0.15) is 0 Å². The lowest BCUT2D eigenvalue weighted by Gasteiger charge is -2.09. The first-order valence-corrected chi connectivity index (χ1v) is 10.7. The second kappa shape index (κ2) is 9.29. The minimum atomic E-state index is -3.87. The molecule has 2 aromatic carbocycles. The predicted octanol–water partition coefficient (Wildman–Crippen LogP) is 3.31. The Morgan fingerprint density at radius 1 is 1.17 bits per heavy atom. The number of carbonyl (C=O) groups excluding carboxylic acids is 1. The molecule has 1 aromatic heterocycles. The number of carbonyl (C=O) groups is 1. The van der Waals surface area contributed by atoms with Crippen molar-refractivity contribution in [1.29, 1.82) is 0 Å². The molecule has 8 nitrogen and oxygen atoms in total. The molecule has 1 N–H and O–H groups in total. The van der Waals surface area contributed by atoms with Crippen LogP contribution in [0.1, 0.15) is 16.1 Å². The monoisotopic (exact) mass is 450 g/mol. The SMILES string of the molecule is COC(=O)c1ccc(S(=O)(=O)NCCc2coc(-c3ccc(OC)cc3)n2)c(Cl)c1. The lowest BCUT2D eigenvalue weighted by Crippen LogP contribution is -2.26. The summed E-state index contributed by atoms with van der Waals surface area (Å²) in [6.45, 7) is 0.0893. The summed E-state index contributed by atoms with van der Waals surface area (Å²) < 4.78 is 42.7. The standard InChI is InChI=1S/C20H19ClN2O6S/c1-27-16-6-3-13(4-7-16)19-23-15(12-29-19)9-10-22-30(25,26)18-8-5-14(11-17(18)21)20(24)28-2/h3-8,11-12,22H,9-10H2,1-2H3. The number of rotatable bonds is 8. The number of nitrogens with one attached hydrogen (secondary N) is 1. The average Bonchev–Trinajstić information content (AvgIpc) is 3.21. The van der Waals surface area contributed by atoms with Gasteiger partial charge in [0, 0.05) is 18.5 Å². The zero-order valence-electron chi connectivity index (χ0n) is 16.2. The molecular formula is C20H19ClN2O6S. The molecule has 1 heterocycles. The fourth-order valence-corrected chi connectivity index (χ4v) is 4.22. The van der Waals surface area contributed by atoms with Gasteiger partial charge in [-0.25, -0.2) is 22.9 Å². The van der Waals surface area contributed by atoms with E-state index in [0.29, 0.717) is 18.0 Å². The molecule has 0 aliphatic heterocycles. The van der Waals surface area contributed by atoms with E-state index in [1.165, 1.54) is 31.6 Å². The number of halogens is 1. The Morgan fingerprint density at radius 2 is 1.90 bits per heavy atom. The molecule has 0 fully saturated rings. The summed E-state index contributed by atoms with van der Waals surface area (Å²) >= 11 is 6.04. The molecule has 0 bridgehead atoms. The fraction of sp³-hybridized carbons (Fsp3) is 0.200. The highest BCUT2D eigenvalue weighted by molar-refractivity contribution is 7.89. The summed E-state index contributed by atoms with van der Waals surface area (Å²) in [5.74, 6) is 0.544. The van der Waals surface area contributed by atoms with Crippen molar-refractivity contribution in [2.75, 3.05) is 20.8 Å². The summed E-state index contributed by atoms with van der Waals surface area (Å²) in [5.41, 5.74) is 1.53. The maximum atomic E-state index is 12.5. The van der Waals surface area contributed by atoms with Crippen LogP contribution in [0.2, 0.25) is 5.02 Å². The van der Waals surface area contributed by atoms with E-state index in [-0.39, 0.29) is 22.0 Å². The van der Waals surface area contributed by atoms with E-state index in [2.05, 4.69) is 14.4 Å². The Balaban J connectivity index is 1.63. The fourth-order valence-electron chi connectivity index (χ4n) is 2.64. The Bertz CT molecular complexity index is 1140. The zero-order valence-corrected chi connectivity index (χ0v) is 17.8. The Labute approximate surface area is 178 Å². The van der Waals surface area contributed by atoms with Gasteiger partial charge in [-0.1, -0.05) is 11.6 Å². The number of aromatic nitrogens is 1. The largest absolute Gasteiger partial charge is 0.497 e. The van der Waals surface area contributed by atoms with Crippen LogP contribution in [0.4, 0.5) is 0 Å². The van der Waals surface area contributed by atoms with E-state index in [1.807, 2.05) is 12.1 Å². The number of esters is 1. The van der Waals surface area contributed by atoms with Crippen LogP contribution in [0.15, 0.2) is 58.0 Å². The van der Waals surface area contributed by atoms with Gasteiger partial charge >= 0.3 is 5.97 Å². The average molecular weight is 451 g/mol. The van der Waals surface area contributed by atoms with Gasteiger partial charge in [0.25, 0.3) is 0 Å². The van der Waals surface area contributed by atoms with Crippen molar-refractivity contribution in [3.8, 4) is 17.2 Å². The quantitative estimate of drug-likeness (QED) is 0.524. The van der Waals surface area contributed by atoms with Crippen LogP contribution >= 0.6 is 11.6 Å². The van der Waals surface area contributed by atoms with Crippen molar-refractivity contribution in [1.82, 2.24) is 9.71 Å². The van der Waals surface area contributed by atoms with E-state index in [0.717, 1.165) is 11.3 Å². The summed E-state index contributed by atoms with van der Waals surface area (Å²) in [6, 6.07) is 11.1. The third-order valence-electron chi connectivity index (χ3n) is 4.20. The molecular weight excluding hydrogens is 432 g/mol. The van der Waals surface area contributed by atoms with Gasteiger partial charge in [-0.15, -0.1) is 0 Å². The molecule has 0 unspecified atom stereocenters. The van der Waals surface area contributed by atoms with Crippen LogP contribution in [0.25, 0.3) is 11.5 Å². The molecule has 30 heavy (non-hydrogen) atoms. The molecule has 0 aliphatic rings.